The number of aliphatic hydroxyl groups is 1. The van der Waals surface area contributed by atoms with E-state index in [1.165, 1.54) is 0 Å². The molecule has 0 saturated carbocycles. The van der Waals surface area contributed by atoms with E-state index in [1.807, 2.05) is 0 Å². The van der Waals surface area contributed by atoms with Crippen LogP contribution in [0.5, 0.6) is 0 Å². The molecule has 7 heteroatoms. The Balaban J connectivity index is 3.19. The quantitative estimate of drug-likeness (QED) is 0.597. The predicted molar refractivity (Wildman–Crippen MR) is 50.3 cm³/mol. The van der Waals surface area contributed by atoms with E-state index in [1.54, 1.807) is 0 Å². The number of hydrogen-bond acceptors (Lipinski definition) is 4. The highest BCUT2D eigenvalue weighted by Crippen LogP contribution is 2.29. The SMILES string of the molecule is O=C(O)C[C@@H](O)c1c(F)cccc1[N+](=O)[O-]. The fourth-order valence-electron chi connectivity index (χ4n) is 1.28. The molecule has 0 amide bonds. The molecule has 0 spiro atoms. The second kappa shape index (κ2) is 4.67. The van der Waals surface area contributed by atoms with Crippen LogP contribution >= 0.6 is 0 Å². The minimum absolute atomic E-state index is 0.602. The zero-order chi connectivity index (χ0) is 12.3. The fraction of sp³-hybridized carbons (Fsp3) is 0.222. The van der Waals surface area contributed by atoms with Gasteiger partial charge in [-0.3, -0.25) is 14.9 Å². The van der Waals surface area contributed by atoms with Crippen molar-refractivity contribution in [1.29, 1.82) is 0 Å². The molecule has 1 aromatic carbocycles. The summed E-state index contributed by atoms with van der Waals surface area (Å²) in [4.78, 5) is 20.0. The van der Waals surface area contributed by atoms with Gasteiger partial charge in [-0.2, -0.15) is 0 Å². The number of carboxylic acid groups (broad SMARTS) is 1. The first kappa shape index (κ1) is 12.1. The lowest BCUT2D eigenvalue weighted by Gasteiger charge is -2.09. The lowest BCUT2D eigenvalue weighted by atomic mass is 10.0. The van der Waals surface area contributed by atoms with Crippen molar-refractivity contribution >= 4 is 11.7 Å². The molecule has 0 saturated heterocycles. The van der Waals surface area contributed by atoms with Crippen LogP contribution in [-0.2, 0) is 4.79 Å². The molecule has 1 rings (SSSR count). The molecule has 6 nitrogen and oxygen atoms in total. The van der Waals surface area contributed by atoms with Crippen LogP contribution in [0.3, 0.4) is 0 Å². The molecular weight excluding hydrogens is 221 g/mol. The smallest absolute Gasteiger partial charge is 0.306 e. The summed E-state index contributed by atoms with van der Waals surface area (Å²) in [6, 6.07) is 3.04. The Morgan fingerprint density at radius 1 is 1.56 bits per heavy atom. The molecule has 0 unspecified atom stereocenters. The molecule has 0 fully saturated rings. The maximum atomic E-state index is 13.3. The second-order valence-electron chi connectivity index (χ2n) is 3.04. The van der Waals surface area contributed by atoms with Crippen molar-refractivity contribution in [2.45, 2.75) is 12.5 Å². The van der Waals surface area contributed by atoms with Gasteiger partial charge in [-0.15, -0.1) is 0 Å². The Labute approximate surface area is 89.1 Å². The Morgan fingerprint density at radius 3 is 2.69 bits per heavy atom. The van der Waals surface area contributed by atoms with E-state index in [0.717, 1.165) is 18.2 Å². The summed E-state index contributed by atoms with van der Waals surface area (Å²) in [6.45, 7) is 0. The number of aliphatic carboxylic acids is 1. The summed E-state index contributed by atoms with van der Waals surface area (Å²) in [7, 11) is 0. The van der Waals surface area contributed by atoms with E-state index in [4.69, 9.17) is 5.11 Å². The third kappa shape index (κ3) is 2.51. The van der Waals surface area contributed by atoms with E-state index >= 15 is 0 Å². The van der Waals surface area contributed by atoms with Crippen molar-refractivity contribution in [2.75, 3.05) is 0 Å². The first-order valence-electron chi connectivity index (χ1n) is 4.26. The molecule has 1 aromatic rings. The number of carboxylic acids is 1. The van der Waals surface area contributed by atoms with E-state index in [0.29, 0.717) is 0 Å². The minimum Gasteiger partial charge on any atom is -0.481 e. The van der Waals surface area contributed by atoms with Gasteiger partial charge in [0.1, 0.15) is 5.82 Å². The molecule has 0 bridgehead atoms. The van der Waals surface area contributed by atoms with Gasteiger partial charge in [-0.1, -0.05) is 6.07 Å². The van der Waals surface area contributed by atoms with Gasteiger partial charge >= 0.3 is 5.97 Å². The summed E-state index contributed by atoms with van der Waals surface area (Å²) in [5.41, 5.74) is -1.23. The monoisotopic (exact) mass is 229 g/mol. The summed E-state index contributed by atoms with van der Waals surface area (Å²) >= 11 is 0. The predicted octanol–water partition coefficient (Wildman–Crippen LogP) is 1.24. The maximum absolute atomic E-state index is 13.3. The molecule has 0 radical (unpaired) electrons. The van der Waals surface area contributed by atoms with Gasteiger partial charge < -0.3 is 10.2 Å². The van der Waals surface area contributed by atoms with Gasteiger partial charge in [0.05, 0.1) is 23.0 Å². The lowest BCUT2D eigenvalue weighted by Crippen LogP contribution is -2.09. The maximum Gasteiger partial charge on any atom is 0.306 e. The zero-order valence-corrected chi connectivity index (χ0v) is 7.96. The summed E-state index contributed by atoms with van der Waals surface area (Å²) in [5, 5.41) is 28.3. The molecule has 1 atom stereocenters. The number of hydrogen-bond donors (Lipinski definition) is 2. The molecule has 0 aromatic heterocycles. The largest absolute Gasteiger partial charge is 0.481 e. The molecule has 16 heavy (non-hydrogen) atoms. The van der Waals surface area contributed by atoms with E-state index < -0.39 is 40.5 Å². The summed E-state index contributed by atoms with van der Waals surface area (Å²) < 4.78 is 13.3. The van der Waals surface area contributed by atoms with Crippen molar-refractivity contribution in [3.05, 3.63) is 39.7 Å². The van der Waals surface area contributed by atoms with Gasteiger partial charge in [0.2, 0.25) is 0 Å². The summed E-state index contributed by atoms with van der Waals surface area (Å²) in [6.07, 6.45) is -2.53. The van der Waals surface area contributed by atoms with Gasteiger partial charge in [0.25, 0.3) is 5.69 Å². The van der Waals surface area contributed by atoms with Crippen molar-refractivity contribution in [3.63, 3.8) is 0 Å². The van der Waals surface area contributed by atoms with Crippen LogP contribution < -0.4 is 0 Å². The first-order chi connectivity index (χ1) is 7.43. The van der Waals surface area contributed by atoms with Crippen LogP contribution in [0.1, 0.15) is 18.1 Å². The number of halogens is 1. The number of carbonyl (C=O) groups is 1. The lowest BCUT2D eigenvalue weighted by molar-refractivity contribution is -0.386. The second-order valence-corrected chi connectivity index (χ2v) is 3.04. The van der Waals surface area contributed by atoms with E-state index in [2.05, 4.69) is 0 Å². The van der Waals surface area contributed by atoms with Gasteiger partial charge in [0.15, 0.2) is 0 Å². The van der Waals surface area contributed by atoms with Crippen molar-refractivity contribution in [3.8, 4) is 0 Å². The summed E-state index contributed by atoms with van der Waals surface area (Å²) in [5.74, 6) is -2.37. The average molecular weight is 229 g/mol. The third-order valence-corrected chi connectivity index (χ3v) is 1.93. The van der Waals surface area contributed by atoms with Crippen molar-refractivity contribution < 1.29 is 24.3 Å². The Kier molecular flexibility index (Phi) is 3.51. The molecule has 0 aliphatic rings. The number of nitro benzene ring substituents is 1. The number of nitro groups is 1. The number of nitrogens with zero attached hydrogens (tertiary/aromatic N) is 1. The standard InChI is InChI=1S/C9H8FNO5/c10-5-2-1-3-6(11(15)16)9(5)7(12)4-8(13)14/h1-3,7,12H,4H2,(H,13,14)/t7-/m1/s1. The highest BCUT2D eigenvalue weighted by Gasteiger charge is 2.25. The minimum atomic E-state index is -1.74. The van der Waals surface area contributed by atoms with Crippen LogP contribution in [-0.4, -0.2) is 21.1 Å². The van der Waals surface area contributed by atoms with Crippen LogP contribution in [0.25, 0.3) is 0 Å². The van der Waals surface area contributed by atoms with Crippen molar-refractivity contribution in [2.24, 2.45) is 0 Å². The highest BCUT2D eigenvalue weighted by molar-refractivity contribution is 5.68. The number of aliphatic hydroxyl groups excluding tert-OH is 1. The molecule has 0 aliphatic carbocycles. The van der Waals surface area contributed by atoms with Crippen LogP contribution in [0, 0.1) is 15.9 Å². The van der Waals surface area contributed by atoms with Gasteiger partial charge in [0, 0.05) is 6.07 Å². The third-order valence-electron chi connectivity index (χ3n) is 1.93. The molecule has 0 heterocycles. The van der Waals surface area contributed by atoms with Gasteiger partial charge in [-0.05, 0) is 6.07 Å². The molecule has 0 aliphatic heterocycles. The Morgan fingerprint density at radius 2 is 2.19 bits per heavy atom. The van der Waals surface area contributed by atoms with E-state index in [-0.39, 0.29) is 0 Å². The average Bonchev–Trinajstić information content (AvgIpc) is 2.15. The van der Waals surface area contributed by atoms with Gasteiger partial charge in [-0.25, -0.2) is 4.39 Å². The Hall–Kier alpha value is -2.02. The first-order valence-corrected chi connectivity index (χ1v) is 4.26. The molecular formula is C9H8FNO5. The van der Waals surface area contributed by atoms with Crippen LogP contribution in [0.15, 0.2) is 18.2 Å². The van der Waals surface area contributed by atoms with Crippen molar-refractivity contribution in [1.82, 2.24) is 0 Å². The molecule has 86 valence electrons. The Bertz CT molecular complexity index is 434. The highest BCUT2D eigenvalue weighted by atomic mass is 19.1. The molecule has 2 N–H and O–H groups in total. The van der Waals surface area contributed by atoms with E-state index in [9.17, 15) is 24.4 Å². The number of benzene rings is 1. The topological polar surface area (TPSA) is 101 Å². The zero-order valence-electron chi connectivity index (χ0n) is 7.96. The normalized spacial score (nSPS) is 12.1. The van der Waals surface area contributed by atoms with Crippen LogP contribution in [0.2, 0.25) is 0 Å². The fourth-order valence-corrected chi connectivity index (χ4v) is 1.28. The van der Waals surface area contributed by atoms with Crippen LogP contribution in [0.4, 0.5) is 10.1 Å². The number of rotatable bonds is 4.